The predicted octanol–water partition coefficient (Wildman–Crippen LogP) is 2.33. The Morgan fingerprint density at radius 2 is 1.91 bits per heavy atom. The maximum absolute atomic E-state index is 12.9. The van der Waals surface area contributed by atoms with Gasteiger partial charge in [0.1, 0.15) is 5.82 Å². The van der Waals surface area contributed by atoms with Gasteiger partial charge >= 0.3 is 11.8 Å². The average Bonchev–Trinajstić information content (AvgIpc) is 2.48. The Kier molecular flexibility index (Phi) is 7.27. The molecule has 22 heavy (non-hydrogen) atoms. The first-order valence-corrected chi connectivity index (χ1v) is 7.49. The van der Waals surface area contributed by atoms with Crippen molar-refractivity contribution in [2.24, 2.45) is 5.92 Å². The lowest BCUT2D eigenvalue weighted by atomic mass is 9.96. The molecule has 0 saturated carbocycles. The molecule has 3 N–H and O–H groups in total. The Labute approximate surface area is 133 Å². The molecule has 122 valence electrons. The summed E-state index contributed by atoms with van der Waals surface area (Å²) in [5.74, 6) is -2.29. The molecule has 1 aromatic carbocycles. The van der Waals surface area contributed by atoms with Crippen LogP contribution >= 0.6 is 11.6 Å². The maximum Gasteiger partial charge on any atom is 0.313 e. The first-order valence-electron chi connectivity index (χ1n) is 7.11. The van der Waals surface area contributed by atoms with Gasteiger partial charge in [0.05, 0.1) is 16.8 Å². The molecule has 0 saturated heterocycles. The summed E-state index contributed by atoms with van der Waals surface area (Å²) in [6.07, 6.45) is 0.858. The zero-order valence-electron chi connectivity index (χ0n) is 12.5. The van der Waals surface area contributed by atoms with Gasteiger partial charge in [0.15, 0.2) is 0 Å². The largest absolute Gasteiger partial charge is 0.391 e. The Hall–Kier alpha value is -1.66. The monoisotopic (exact) mass is 330 g/mol. The van der Waals surface area contributed by atoms with E-state index in [-0.39, 0.29) is 23.2 Å². The van der Waals surface area contributed by atoms with Crippen molar-refractivity contribution in [1.82, 2.24) is 5.32 Å². The topological polar surface area (TPSA) is 78.4 Å². The first kappa shape index (κ1) is 18.4. The fourth-order valence-electron chi connectivity index (χ4n) is 2.05. The van der Waals surface area contributed by atoms with Gasteiger partial charge < -0.3 is 15.7 Å². The number of hydrogen-bond donors (Lipinski definition) is 3. The van der Waals surface area contributed by atoms with Crippen LogP contribution in [0.1, 0.15) is 26.7 Å². The molecule has 0 fully saturated rings. The summed E-state index contributed by atoms with van der Waals surface area (Å²) in [6.45, 7) is 3.89. The molecule has 0 heterocycles. The van der Waals surface area contributed by atoms with E-state index in [2.05, 4.69) is 10.6 Å². The van der Waals surface area contributed by atoms with Crippen LogP contribution in [0, 0.1) is 11.7 Å². The summed E-state index contributed by atoms with van der Waals surface area (Å²) in [4.78, 5) is 23.4. The van der Waals surface area contributed by atoms with E-state index in [4.69, 9.17) is 11.6 Å². The van der Waals surface area contributed by atoms with Crippen molar-refractivity contribution >= 4 is 29.1 Å². The van der Waals surface area contributed by atoms with Crippen molar-refractivity contribution in [3.63, 3.8) is 0 Å². The summed E-state index contributed by atoms with van der Waals surface area (Å²) >= 11 is 5.76. The number of anilines is 1. The maximum atomic E-state index is 12.9. The molecule has 0 aliphatic carbocycles. The molecule has 5 nitrogen and oxygen atoms in total. The van der Waals surface area contributed by atoms with Gasteiger partial charge in [0, 0.05) is 6.54 Å². The van der Waals surface area contributed by atoms with Gasteiger partial charge in [-0.1, -0.05) is 38.3 Å². The lowest BCUT2D eigenvalue weighted by Crippen LogP contribution is -2.41. The summed E-state index contributed by atoms with van der Waals surface area (Å²) in [7, 11) is 0. The number of nitrogens with one attached hydrogen (secondary N) is 2. The highest BCUT2D eigenvalue weighted by atomic mass is 35.5. The molecule has 0 spiro atoms. The van der Waals surface area contributed by atoms with Crippen LogP contribution in [0.4, 0.5) is 10.1 Å². The van der Waals surface area contributed by atoms with Crippen molar-refractivity contribution in [3.05, 3.63) is 29.0 Å². The number of halogens is 2. The Morgan fingerprint density at radius 3 is 2.45 bits per heavy atom. The minimum Gasteiger partial charge on any atom is -0.391 e. The van der Waals surface area contributed by atoms with E-state index in [0.29, 0.717) is 0 Å². The third-order valence-corrected chi connectivity index (χ3v) is 3.76. The number of carbonyl (C=O) groups is 2. The zero-order chi connectivity index (χ0) is 16.7. The van der Waals surface area contributed by atoms with Gasteiger partial charge in [-0.25, -0.2) is 4.39 Å². The fraction of sp³-hybridized carbons (Fsp3) is 0.467. The molecular formula is C15H20ClFN2O3. The van der Waals surface area contributed by atoms with Gasteiger partial charge in [0.2, 0.25) is 0 Å². The van der Waals surface area contributed by atoms with Crippen molar-refractivity contribution in [2.75, 3.05) is 11.9 Å². The van der Waals surface area contributed by atoms with E-state index in [1.807, 2.05) is 13.8 Å². The van der Waals surface area contributed by atoms with E-state index in [1.54, 1.807) is 0 Å². The molecule has 1 rings (SSSR count). The van der Waals surface area contributed by atoms with E-state index in [0.717, 1.165) is 25.0 Å². The third kappa shape index (κ3) is 5.27. The van der Waals surface area contributed by atoms with Crippen LogP contribution < -0.4 is 10.6 Å². The molecule has 1 unspecified atom stereocenters. The number of benzene rings is 1. The van der Waals surface area contributed by atoms with Crippen LogP contribution in [0.25, 0.3) is 0 Å². The SMILES string of the molecule is CCC(CC)C(O)CNC(=O)C(=O)Nc1ccc(F)cc1Cl. The number of rotatable bonds is 6. The second-order valence-electron chi connectivity index (χ2n) is 4.93. The van der Waals surface area contributed by atoms with E-state index in [1.165, 1.54) is 6.07 Å². The summed E-state index contributed by atoms with van der Waals surface area (Å²) < 4.78 is 12.9. The number of aliphatic hydroxyl groups is 1. The third-order valence-electron chi connectivity index (χ3n) is 3.45. The second-order valence-corrected chi connectivity index (χ2v) is 5.34. The molecule has 0 aliphatic rings. The second kappa shape index (κ2) is 8.70. The lowest BCUT2D eigenvalue weighted by molar-refractivity contribution is -0.136. The molecule has 2 amide bonds. The summed E-state index contributed by atoms with van der Waals surface area (Å²) in [6, 6.07) is 3.42. The summed E-state index contributed by atoms with van der Waals surface area (Å²) in [5.41, 5.74) is 0.142. The number of aliphatic hydroxyl groups excluding tert-OH is 1. The van der Waals surface area contributed by atoms with Gasteiger partial charge in [-0.3, -0.25) is 9.59 Å². The van der Waals surface area contributed by atoms with Crippen molar-refractivity contribution in [2.45, 2.75) is 32.8 Å². The average molecular weight is 331 g/mol. The van der Waals surface area contributed by atoms with Crippen molar-refractivity contribution in [1.29, 1.82) is 0 Å². The number of hydrogen-bond acceptors (Lipinski definition) is 3. The molecule has 1 aromatic rings. The molecule has 0 aliphatic heterocycles. The van der Waals surface area contributed by atoms with Crippen LogP contribution in [-0.4, -0.2) is 29.6 Å². The quantitative estimate of drug-likeness (QED) is 0.700. The van der Waals surface area contributed by atoms with Crippen LogP contribution in [-0.2, 0) is 9.59 Å². The number of carbonyl (C=O) groups excluding carboxylic acids is 2. The van der Waals surface area contributed by atoms with E-state index < -0.39 is 23.7 Å². The first-order chi connectivity index (χ1) is 10.4. The van der Waals surface area contributed by atoms with Crippen LogP contribution in [0.5, 0.6) is 0 Å². The van der Waals surface area contributed by atoms with Crippen LogP contribution in [0.15, 0.2) is 18.2 Å². The summed E-state index contributed by atoms with van der Waals surface area (Å²) in [5, 5.41) is 14.5. The predicted molar refractivity (Wildman–Crippen MR) is 83.1 cm³/mol. The molecule has 0 aromatic heterocycles. The highest BCUT2D eigenvalue weighted by Gasteiger charge is 2.19. The zero-order valence-corrected chi connectivity index (χ0v) is 13.3. The molecule has 0 bridgehead atoms. The standard InChI is InChI=1S/C15H20ClFN2O3/c1-3-9(4-2)13(20)8-18-14(21)15(22)19-12-6-5-10(17)7-11(12)16/h5-7,9,13,20H,3-4,8H2,1-2H3,(H,18,21)(H,19,22). The van der Waals surface area contributed by atoms with Crippen LogP contribution in [0.2, 0.25) is 5.02 Å². The molecule has 0 radical (unpaired) electrons. The minimum atomic E-state index is -0.926. The minimum absolute atomic E-state index is 0.00165. The van der Waals surface area contributed by atoms with E-state index in [9.17, 15) is 19.1 Å². The Morgan fingerprint density at radius 1 is 1.27 bits per heavy atom. The van der Waals surface area contributed by atoms with Gasteiger partial charge in [0.25, 0.3) is 0 Å². The Balaban J connectivity index is 2.53. The van der Waals surface area contributed by atoms with E-state index >= 15 is 0 Å². The lowest BCUT2D eigenvalue weighted by Gasteiger charge is -2.20. The molecule has 7 heteroatoms. The highest BCUT2D eigenvalue weighted by Crippen LogP contribution is 2.22. The van der Waals surface area contributed by atoms with Crippen molar-refractivity contribution in [3.8, 4) is 0 Å². The normalized spacial score (nSPS) is 12.1. The van der Waals surface area contributed by atoms with Gasteiger partial charge in [-0.15, -0.1) is 0 Å². The number of amides is 2. The fourth-order valence-corrected chi connectivity index (χ4v) is 2.26. The highest BCUT2D eigenvalue weighted by molar-refractivity contribution is 6.41. The van der Waals surface area contributed by atoms with Crippen molar-refractivity contribution < 1.29 is 19.1 Å². The smallest absolute Gasteiger partial charge is 0.313 e. The molecular weight excluding hydrogens is 311 g/mol. The van der Waals surface area contributed by atoms with Gasteiger partial charge in [-0.05, 0) is 24.1 Å². The molecule has 1 atom stereocenters. The van der Waals surface area contributed by atoms with Gasteiger partial charge in [-0.2, -0.15) is 0 Å². The van der Waals surface area contributed by atoms with Crippen LogP contribution in [0.3, 0.4) is 0 Å². The Bertz CT molecular complexity index is 536.